The van der Waals surface area contributed by atoms with Crippen molar-refractivity contribution in [2.75, 3.05) is 7.05 Å². The monoisotopic (exact) mass is 442 g/mol. The number of likely N-dealkylation sites (tertiary alicyclic amines) is 1. The van der Waals surface area contributed by atoms with E-state index in [-0.39, 0.29) is 42.8 Å². The van der Waals surface area contributed by atoms with Gasteiger partial charge in [0.2, 0.25) is 17.7 Å². The Labute approximate surface area is 185 Å². The first-order valence-electron chi connectivity index (χ1n) is 11.0. The number of imide groups is 1. The van der Waals surface area contributed by atoms with Crippen molar-refractivity contribution in [2.24, 2.45) is 0 Å². The molecule has 2 aromatic rings. The lowest BCUT2D eigenvalue weighted by Gasteiger charge is -2.33. The highest BCUT2D eigenvalue weighted by molar-refractivity contribution is 6.11. The van der Waals surface area contributed by atoms with Crippen LogP contribution >= 0.6 is 0 Å². The van der Waals surface area contributed by atoms with E-state index in [1.807, 2.05) is 0 Å². The fourth-order valence-corrected chi connectivity index (χ4v) is 4.86. The maximum atomic E-state index is 14.9. The molecule has 0 bridgehead atoms. The molecule has 1 aliphatic heterocycles. The van der Waals surface area contributed by atoms with Gasteiger partial charge >= 0.3 is 0 Å². The zero-order valence-corrected chi connectivity index (χ0v) is 18.3. The third-order valence-electron chi connectivity index (χ3n) is 6.69. The lowest BCUT2D eigenvalue weighted by atomic mass is 9.75. The summed E-state index contributed by atoms with van der Waals surface area (Å²) in [5, 5.41) is 7.50. The van der Waals surface area contributed by atoms with Crippen LogP contribution in [-0.2, 0) is 26.3 Å². The molecular weight excluding hydrogens is 415 g/mol. The number of rotatable bonds is 6. The molecule has 1 aromatic carbocycles. The Morgan fingerprint density at radius 2 is 1.94 bits per heavy atom. The molecule has 2 aliphatic rings. The number of aromatic nitrogens is 2. The SMILES string of the molecule is Cc1nonc1CN(C)C(=O)C[C@@]1(c2ccccc2F)CC(=O)N(C2CCCCC2)C1=O. The highest BCUT2D eigenvalue weighted by Crippen LogP contribution is 2.43. The predicted molar refractivity (Wildman–Crippen MR) is 112 cm³/mol. The minimum atomic E-state index is -1.55. The van der Waals surface area contributed by atoms with Crippen molar-refractivity contribution in [3.05, 3.63) is 47.0 Å². The van der Waals surface area contributed by atoms with Crippen molar-refractivity contribution in [1.29, 1.82) is 0 Å². The van der Waals surface area contributed by atoms with Crippen molar-refractivity contribution >= 4 is 17.7 Å². The van der Waals surface area contributed by atoms with Crippen LogP contribution in [0.5, 0.6) is 0 Å². The van der Waals surface area contributed by atoms with Crippen molar-refractivity contribution < 1.29 is 23.4 Å². The van der Waals surface area contributed by atoms with Gasteiger partial charge in [-0.25, -0.2) is 9.02 Å². The van der Waals surface area contributed by atoms with E-state index >= 15 is 0 Å². The second-order valence-corrected chi connectivity index (χ2v) is 8.82. The topological polar surface area (TPSA) is 96.6 Å². The molecule has 32 heavy (non-hydrogen) atoms. The molecule has 2 fully saturated rings. The molecule has 1 saturated carbocycles. The Kier molecular flexibility index (Phi) is 6.08. The zero-order chi connectivity index (χ0) is 22.9. The minimum absolute atomic E-state index is 0.0951. The van der Waals surface area contributed by atoms with Crippen LogP contribution in [0.1, 0.15) is 61.9 Å². The van der Waals surface area contributed by atoms with Crippen molar-refractivity contribution in [1.82, 2.24) is 20.1 Å². The van der Waals surface area contributed by atoms with E-state index < -0.39 is 17.1 Å². The Morgan fingerprint density at radius 1 is 1.22 bits per heavy atom. The van der Waals surface area contributed by atoms with Gasteiger partial charge in [0.05, 0.1) is 12.0 Å². The molecule has 2 heterocycles. The number of carbonyl (C=O) groups is 3. The average Bonchev–Trinajstić information content (AvgIpc) is 3.29. The van der Waals surface area contributed by atoms with Crippen LogP contribution in [0.4, 0.5) is 4.39 Å². The smallest absolute Gasteiger partial charge is 0.241 e. The summed E-state index contributed by atoms with van der Waals surface area (Å²) in [6, 6.07) is 5.73. The largest absolute Gasteiger partial charge is 0.340 e. The van der Waals surface area contributed by atoms with Gasteiger partial charge in [0.25, 0.3) is 0 Å². The summed E-state index contributed by atoms with van der Waals surface area (Å²) < 4.78 is 19.6. The molecule has 3 amide bonds. The van der Waals surface area contributed by atoms with Gasteiger partial charge in [0, 0.05) is 31.5 Å². The first kappa shape index (κ1) is 22.1. The number of hydrogen-bond donors (Lipinski definition) is 0. The molecular formula is C23H27FN4O4. The van der Waals surface area contributed by atoms with Gasteiger partial charge < -0.3 is 4.90 Å². The summed E-state index contributed by atoms with van der Waals surface area (Å²) in [5.41, 5.74) is -0.400. The molecule has 0 N–H and O–H groups in total. The Balaban J connectivity index is 1.66. The predicted octanol–water partition coefficient (Wildman–Crippen LogP) is 2.90. The molecule has 0 spiro atoms. The van der Waals surface area contributed by atoms with Crippen LogP contribution in [0, 0.1) is 12.7 Å². The summed E-state index contributed by atoms with van der Waals surface area (Å²) in [6.07, 6.45) is 3.94. The average molecular weight is 442 g/mol. The van der Waals surface area contributed by atoms with Crippen molar-refractivity contribution in [2.45, 2.75) is 69.9 Å². The lowest BCUT2D eigenvalue weighted by molar-refractivity contribution is -0.145. The molecule has 170 valence electrons. The van der Waals surface area contributed by atoms with Crippen molar-refractivity contribution in [3.8, 4) is 0 Å². The van der Waals surface area contributed by atoms with Crippen LogP contribution in [0.2, 0.25) is 0 Å². The van der Waals surface area contributed by atoms with Crippen LogP contribution in [0.3, 0.4) is 0 Å². The van der Waals surface area contributed by atoms with Gasteiger partial charge in [-0.3, -0.25) is 19.3 Å². The number of hydrogen-bond acceptors (Lipinski definition) is 6. The van der Waals surface area contributed by atoms with Crippen LogP contribution < -0.4 is 0 Å². The minimum Gasteiger partial charge on any atom is -0.340 e. The van der Waals surface area contributed by atoms with Gasteiger partial charge in [0.15, 0.2) is 0 Å². The van der Waals surface area contributed by atoms with E-state index in [1.165, 1.54) is 28.0 Å². The molecule has 9 heteroatoms. The first-order chi connectivity index (χ1) is 15.3. The molecule has 1 saturated heterocycles. The maximum Gasteiger partial charge on any atom is 0.241 e. The van der Waals surface area contributed by atoms with E-state index in [4.69, 9.17) is 0 Å². The molecule has 1 aromatic heterocycles. The normalized spacial score (nSPS) is 21.9. The van der Waals surface area contributed by atoms with E-state index in [0.29, 0.717) is 11.4 Å². The zero-order valence-electron chi connectivity index (χ0n) is 18.3. The van der Waals surface area contributed by atoms with Gasteiger partial charge in [-0.05, 0) is 25.8 Å². The lowest BCUT2D eigenvalue weighted by Crippen LogP contribution is -2.47. The number of aryl methyl sites for hydroxylation is 1. The first-order valence-corrected chi connectivity index (χ1v) is 11.0. The second-order valence-electron chi connectivity index (χ2n) is 8.82. The molecule has 0 radical (unpaired) electrons. The number of halogens is 1. The Hall–Kier alpha value is -3.10. The fraction of sp³-hybridized carbons (Fsp3) is 0.522. The third kappa shape index (κ3) is 3.91. The summed E-state index contributed by atoms with van der Waals surface area (Å²) in [7, 11) is 1.58. The summed E-state index contributed by atoms with van der Waals surface area (Å²) >= 11 is 0. The van der Waals surface area contributed by atoms with E-state index in [0.717, 1.165) is 32.1 Å². The molecule has 1 aliphatic carbocycles. The van der Waals surface area contributed by atoms with Crippen LogP contribution in [0.25, 0.3) is 0 Å². The standard InChI is InChI=1S/C23H27FN4O4/c1-15-19(26-32-25-15)14-27(2)20(29)12-23(17-10-6-7-11-18(17)24)13-21(30)28(22(23)31)16-8-4-3-5-9-16/h6-7,10-11,16H,3-5,8-9,12-14H2,1-2H3/t23-/m0/s1. The van der Waals surface area contributed by atoms with Gasteiger partial charge in [0.1, 0.15) is 17.2 Å². The van der Waals surface area contributed by atoms with E-state index in [9.17, 15) is 18.8 Å². The summed E-state index contributed by atoms with van der Waals surface area (Å²) in [6.45, 7) is 1.85. The number of carbonyl (C=O) groups excluding carboxylic acids is 3. The second kappa shape index (κ2) is 8.80. The highest BCUT2D eigenvalue weighted by Gasteiger charge is 2.56. The van der Waals surface area contributed by atoms with Gasteiger partial charge in [-0.15, -0.1) is 0 Å². The molecule has 4 rings (SSSR count). The quantitative estimate of drug-likeness (QED) is 0.638. The van der Waals surface area contributed by atoms with E-state index in [2.05, 4.69) is 14.9 Å². The van der Waals surface area contributed by atoms with Crippen molar-refractivity contribution in [3.63, 3.8) is 0 Å². The van der Waals surface area contributed by atoms with E-state index in [1.54, 1.807) is 20.0 Å². The highest BCUT2D eigenvalue weighted by atomic mass is 19.1. The van der Waals surface area contributed by atoms with Gasteiger partial charge in [-0.1, -0.05) is 47.8 Å². The number of nitrogens with zero attached hydrogens (tertiary/aromatic N) is 4. The Morgan fingerprint density at radius 3 is 2.59 bits per heavy atom. The fourth-order valence-electron chi connectivity index (χ4n) is 4.86. The Bertz CT molecular complexity index is 1030. The maximum absolute atomic E-state index is 14.9. The number of amides is 3. The van der Waals surface area contributed by atoms with Crippen LogP contribution in [0.15, 0.2) is 28.9 Å². The summed E-state index contributed by atoms with van der Waals surface area (Å²) in [4.78, 5) is 42.7. The molecule has 1 atom stereocenters. The summed E-state index contributed by atoms with van der Waals surface area (Å²) in [5.74, 6) is -1.79. The number of benzene rings is 1. The van der Waals surface area contributed by atoms with Crippen LogP contribution in [-0.4, -0.2) is 50.9 Å². The molecule has 8 nitrogen and oxygen atoms in total. The third-order valence-corrected chi connectivity index (χ3v) is 6.69. The molecule has 0 unspecified atom stereocenters. The van der Waals surface area contributed by atoms with Gasteiger partial charge in [-0.2, -0.15) is 0 Å².